The normalized spacial score (nSPS) is 18.6. The number of thioether (sulfide) groups is 1. The number of amides is 1. The van der Waals surface area contributed by atoms with E-state index in [0.29, 0.717) is 11.6 Å². The molecule has 2 heterocycles. The summed E-state index contributed by atoms with van der Waals surface area (Å²) in [6.45, 7) is 1.37. The first-order valence-corrected chi connectivity index (χ1v) is 10.9. The summed E-state index contributed by atoms with van der Waals surface area (Å²) in [7, 11) is 0. The SMILES string of the molecule is O=C(CSc1nc(=O)n(CC2CCCO2)c2c1CCCC2)Nc1ccccc1. The van der Waals surface area contributed by atoms with Gasteiger partial charge in [0.1, 0.15) is 5.03 Å². The molecule has 1 aromatic carbocycles. The number of hydrogen-bond acceptors (Lipinski definition) is 5. The maximum Gasteiger partial charge on any atom is 0.348 e. The second-order valence-electron chi connectivity index (χ2n) is 7.28. The van der Waals surface area contributed by atoms with Gasteiger partial charge >= 0.3 is 5.69 Å². The second-order valence-corrected chi connectivity index (χ2v) is 8.24. The summed E-state index contributed by atoms with van der Waals surface area (Å²) in [5.74, 6) is 0.148. The fraction of sp³-hybridized carbons (Fsp3) is 0.476. The minimum absolute atomic E-state index is 0.0916. The zero-order chi connectivity index (χ0) is 19.3. The Morgan fingerprint density at radius 2 is 2.04 bits per heavy atom. The quantitative estimate of drug-likeness (QED) is 0.597. The zero-order valence-electron chi connectivity index (χ0n) is 15.9. The number of ether oxygens (including phenoxy) is 1. The third kappa shape index (κ3) is 4.47. The summed E-state index contributed by atoms with van der Waals surface area (Å²) in [5, 5.41) is 3.59. The maximum atomic E-state index is 12.7. The Labute approximate surface area is 168 Å². The molecule has 1 saturated heterocycles. The van der Waals surface area contributed by atoms with Gasteiger partial charge < -0.3 is 10.1 Å². The number of benzene rings is 1. The Balaban J connectivity index is 1.50. The molecule has 4 rings (SSSR count). The van der Waals surface area contributed by atoms with Crippen molar-refractivity contribution in [2.45, 2.75) is 56.2 Å². The van der Waals surface area contributed by atoms with Gasteiger partial charge in [0.25, 0.3) is 0 Å². The molecule has 1 atom stereocenters. The van der Waals surface area contributed by atoms with E-state index in [1.54, 1.807) is 0 Å². The molecule has 1 amide bonds. The van der Waals surface area contributed by atoms with E-state index in [2.05, 4.69) is 10.3 Å². The highest BCUT2D eigenvalue weighted by Crippen LogP contribution is 2.29. The average Bonchev–Trinajstić information content (AvgIpc) is 3.23. The Morgan fingerprint density at radius 1 is 1.21 bits per heavy atom. The van der Waals surface area contributed by atoms with Crippen molar-refractivity contribution in [3.05, 3.63) is 52.1 Å². The maximum absolute atomic E-state index is 12.7. The number of anilines is 1. The van der Waals surface area contributed by atoms with Gasteiger partial charge in [0, 0.05) is 23.6 Å². The van der Waals surface area contributed by atoms with Gasteiger partial charge in [-0.05, 0) is 50.7 Å². The molecule has 28 heavy (non-hydrogen) atoms. The number of carbonyl (C=O) groups excluding carboxylic acids is 1. The number of hydrogen-bond donors (Lipinski definition) is 1. The Bertz CT molecular complexity index is 892. The lowest BCUT2D eigenvalue weighted by molar-refractivity contribution is -0.113. The van der Waals surface area contributed by atoms with Gasteiger partial charge in [0.05, 0.1) is 18.4 Å². The van der Waals surface area contributed by atoms with Gasteiger partial charge in [0.15, 0.2) is 0 Å². The van der Waals surface area contributed by atoms with Crippen LogP contribution in [0.5, 0.6) is 0 Å². The molecular weight excluding hydrogens is 374 g/mol. The first-order chi connectivity index (χ1) is 13.7. The predicted octanol–water partition coefficient (Wildman–Crippen LogP) is 3.03. The summed E-state index contributed by atoms with van der Waals surface area (Å²) in [4.78, 5) is 29.3. The van der Waals surface area contributed by atoms with E-state index in [4.69, 9.17) is 4.74 Å². The van der Waals surface area contributed by atoms with Crippen molar-refractivity contribution >= 4 is 23.4 Å². The molecule has 1 aliphatic heterocycles. The Morgan fingerprint density at radius 3 is 2.82 bits per heavy atom. The van der Waals surface area contributed by atoms with Crippen LogP contribution < -0.4 is 11.0 Å². The van der Waals surface area contributed by atoms with Crippen LogP contribution in [0.1, 0.15) is 36.9 Å². The van der Waals surface area contributed by atoms with E-state index >= 15 is 0 Å². The van der Waals surface area contributed by atoms with Crippen LogP contribution >= 0.6 is 11.8 Å². The smallest absolute Gasteiger partial charge is 0.348 e. The highest BCUT2D eigenvalue weighted by molar-refractivity contribution is 8.00. The number of para-hydroxylation sites is 1. The van der Waals surface area contributed by atoms with Gasteiger partial charge in [-0.2, -0.15) is 4.98 Å². The Kier molecular flexibility index (Phi) is 6.12. The zero-order valence-corrected chi connectivity index (χ0v) is 16.7. The molecule has 1 aliphatic carbocycles. The van der Waals surface area contributed by atoms with Gasteiger partial charge in [-0.15, -0.1) is 0 Å². The lowest BCUT2D eigenvalue weighted by atomic mass is 9.97. The minimum atomic E-state index is -0.220. The van der Waals surface area contributed by atoms with Crippen molar-refractivity contribution < 1.29 is 9.53 Å². The molecule has 0 radical (unpaired) electrons. The molecule has 6 nitrogen and oxygen atoms in total. The fourth-order valence-corrected chi connectivity index (χ4v) is 4.78. The molecule has 1 unspecified atom stereocenters. The highest BCUT2D eigenvalue weighted by atomic mass is 32.2. The van der Waals surface area contributed by atoms with Crippen LogP contribution in [-0.2, 0) is 28.9 Å². The number of nitrogens with one attached hydrogen (secondary N) is 1. The van der Waals surface area contributed by atoms with E-state index in [1.807, 2.05) is 34.9 Å². The number of nitrogens with zero attached hydrogens (tertiary/aromatic N) is 2. The number of rotatable bonds is 6. The third-order valence-corrected chi connectivity index (χ3v) is 6.28. The van der Waals surface area contributed by atoms with Crippen LogP contribution in [-0.4, -0.2) is 33.9 Å². The molecule has 2 aliphatic rings. The largest absolute Gasteiger partial charge is 0.376 e. The summed E-state index contributed by atoms with van der Waals surface area (Å²) >= 11 is 1.36. The number of carbonyl (C=O) groups is 1. The molecule has 148 valence electrons. The monoisotopic (exact) mass is 399 g/mol. The molecule has 0 saturated carbocycles. The molecule has 0 spiro atoms. The standard InChI is InChI=1S/C21H25N3O3S/c25-19(22-15-7-2-1-3-8-15)14-28-20-17-10-4-5-11-18(17)24(21(26)23-20)13-16-9-6-12-27-16/h1-3,7-8,16H,4-6,9-14H2,(H,22,25). The van der Waals surface area contributed by atoms with E-state index in [9.17, 15) is 9.59 Å². The molecular formula is C21H25N3O3S. The van der Waals surface area contributed by atoms with Gasteiger partial charge in [0.2, 0.25) is 5.91 Å². The van der Waals surface area contributed by atoms with Gasteiger partial charge in [-0.1, -0.05) is 30.0 Å². The summed E-state index contributed by atoms with van der Waals surface area (Å²) in [5.41, 5.74) is 2.78. The van der Waals surface area contributed by atoms with Crippen LogP contribution in [0.25, 0.3) is 0 Å². The number of aromatic nitrogens is 2. The first-order valence-electron chi connectivity index (χ1n) is 9.92. The topological polar surface area (TPSA) is 73.2 Å². The van der Waals surface area contributed by atoms with Crippen molar-refractivity contribution in [1.29, 1.82) is 0 Å². The second kappa shape index (κ2) is 8.92. The molecule has 7 heteroatoms. The fourth-order valence-electron chi connectivity index (χ4n) is 3.90. The van der Waals surface area contributed by atoms with Crippen LogP contribution in [0.15, 0.2) is 40.2 Å². The summed E-state index contributed by atoms with van der Waals surface area (Å²) in [6.07, 6.45) is 6.15. The average molecular weight is 400 g/mol. The lowest BCUT2D eigenvalue weighted by Crippen LogP contribution is -2.34. The van der Waals surface area contributed by atoms with Crippen molar-refractivity contribution in [3.63, 3.8) is 0 Å². The first kappa shape index (κ1) is 19.2. The van der Waals surface area contributed by atoms with E-state index in [0.717, 1.165) is 62.1 Å². The van der Waals surface area contributed by atoms with Crippen LogP contribution in [0.3, 0.4) is 0 Å². The van der Waals surface area contributed by atoms with Gasteiger partial charge in [-0.3, -0.25) is 9.36 Å². The summed E-state index contributed by atoms with van der Waals surface area (Å²) < 4.78 is 7.54. The molecule has 0 bridgehead atoms. The summed E-state index contributed by atoms with van der Waals surface area (Å²) in [6, 6.07) is 9.39. The van der Waals surface area contributed by atoms with Crippen molar-refractivity contribution in [2.75, 3.05) is 17.7 Å². The van der Waals surface area contributed by atoms with Crippen molar-refractivity contribution in [3.8, 4) is 0 Å². The van der Waals surface area contributed by atoms with E-state index in [1.165, 1.54) is 11.8 Å². The molecule has 1 aromatic heterocycles. The van der Waals surface area contributed by atoms with Gasteiger partial charge in [-0.25, -0.2) is 4.79 Å². The number of fused-ring (bicyclic) bond motifs is 1. The van der Waals surface area contributed by atoms with Crippen molar-refractivity contribution in [1.82, 2.24) is 9.55 Å². The Hall–Kier alpha value is -2.12. The van der Waals surface area contributed by atoms with Crippen molar-refractivity contribution in [2.24, 2.45) is 0 Å². The molecule has 2 aromatic rings. The van der Waals surface area contributed by atoms with Crippen LogP contribution in [0.2, 0.25) is 0 Å². The van der Waals surface area contributed by atoms with E-state index < -0.39 is 0 Å². The van der Waals surface area contributed by atoms with Crippen LogP contribution in [0.4, 0.5) is 5.69 Å². The highest BCUT2D eigenvalue weighted by Gasteiger charge is 2.24. The van der Waals surface area contributed by atoms with Crippen LogP contribution in [0, 0.1) is 0 Å². The minimum Gasteiger partial charge on any atom is -0.376 e. The molecule has 1 N–H and O–H groups in total. The van der Waals surface area contributed by atoms with E-state index in [-0.39, 0.29) is 23.5 Å². The molecule has 1 fully saturated rings. The predicted molar refractivity (Wildman–Crippen MR) is 110 cm³/mol. The third-order valence-electron chi connectivity index (χ3n) is 5.26. The lowest BCUT2D eigenvalue weighted by Gasteiger charge is -2.24.